The largest absolute Gasteiger partial charge is 0.457 e. The fraction of sp³-hybridized carbons (Fsp3) is 0.333. The molecular formula is C18H20O3. The summed E-state index contributed by atoms with van der Waals surface area (Å²) in [6, 6.07) is 17.6. The smallest absolute Gasteiger partial charge is 0.127 e. The minimum absolute atomic E-state index is 0.109. The molecule has 0 unspecified atom stereocenters. The van der Waals surface area contributed by atoms with Crippen LogP contribution in [-0.4, -0.2) is 23.4 Å². The molecule has 1 fully saturated rings. The number of aliphatic hydroxyl groups is 2. The van der Waals surface area contributed by atoms with E-state index in [9.17, 15) is 10.2 Å². The molecule has 1 saturated carbocycles. The summed E-state index contributed by atoms with van der Waals surface area (Å²) in [6.45, 7) is 0.306. The molecule has 2 N–H and O–H groups in total. The monoisotopic (exact) mass is 284 g/mol. The van der Waals surface area contributed by atoms with Crippen molar-refractivity contribution in [3.8, 4) is 11.5 Å². The van der Waals surface area contributed by atoms with E-state index in [1.54, 1.807) is 0 Å². The molecule has 0 atom stereocenters. The highest BCUT2D eigenvalue weighted by atomic mass is 16.5. The van der Waals surface area contributed by atoms with Crippen LogP contribution in [0.1, 0.15) is 18.4 Å². The lowest BCUT2D eigenvalue weighted by Crippen LogP contribution is -2.45. The zero-order valence-electron chi connectivity index (χ0n) is 11.9. The Morgan fingerprint density at radius 1 is 0.952 bits per heavy atom. The van der Waals surface area contributed by atoms with Crippen molar-refractivity contribution in [2.24, 2.45) is 5.92 Å². The quantitative estimate of drug-likeness (QED) is 0.887. The molecule has 0 bridgehead atoms. The molecule has 1 aliphatic carbocycles. The molecular weight excluding hydrogens is 264 g/mol. The first-order chi connectivity index (χ1) is 10.3. The topological polar surface area (TPSA) is 49.7 Å². The molecule has 1 aliphatic rings. The first kappa shape index (κ1) is 14.1. The summed E-state index contributed by atoms with van der Waals surface area (Å²) in [5, 5.41) is 19.0. The van der Waals surface area contributed by atoms with Gasteiger partial charge in [-0.3, -0.25) is 0 Å². The number of hydrogen-bond donors (Lipinski definition) is 2. The van der Waals surface area contributed by atoms with Gasteiger partial charge in [0.05, 0.1) is 6.61 Å². The normalized spacial score (nSPS) is 24.4. The standard InChI is InChI=1S/C18H20O3/c19-12-14-10-18(11-14,13-20)15-5-4-8-17(9-15)21-16-6-2-1-3-7-16/h1-9,14,19-20H,10-13H2. The molecule has 2 aromatic rings. The maximum atomic E-state index is 9.76. The summed E-state index contributed by atoms with van der Waals surface area (Å²) >= 11 is 0. The molecule has 0 aromatic heterocycles. The number of hydrogen-bond acceptors (Lipinski definition) is 3. The van der Waals surface area contributed by atoms with E-state index in [1.165, 1.54) is 0 Å². The van der Waals surface area contributed by atoms with Crippen LogP contribution in [0.5, 0.6) is 11.5 Å². The van der Waals surface area contributed by atoms with Gasteiger partial charge in [-0.25, -0.2) is 0 Å². The van der Waals surface area contributed by atoms with Crippen LogP contribution in [0.3, 0.4) is 0 Å². The second-order valence-corrected chi connectivity index (χ2v) is 5.84. The Balaban J connectivity index is 1.80. The van der Waals surface area contributed by atoms with Crippen LogP contribution in [0.4, 0.5) is 0 Å². The van der Waals surface area contributed by atoms with Gasteiger partial charge in [0.2, 0.25) is 0 Å². The van der Waals surface area contributed by atoms with Gasteiger partial charge in [-0.2, -0.15) is 0 Å². The van der Waals surface area contributed by atoms with E-state index in [2.05, 4.69) is 0 Å². The molecule has 0 amide bonds. The SMILES string of the molecule is OCC1CC(CO)(c2cccc(Oc3ccccc3)c2)C1. The van der Waals surface area contributed by atoms with Gasteiger partial charge in [-0.05, 0) is 48.6 Å². The minimum Gasteiger partial charge on any atom is -0.457 e. The molecule has 3 nitrogen and oxygen atoms in total. The fourth-order valence-corrected chi connectivity index (χ4v) is 3.14. The third kappa shape index (κ3) is 2.80. The van der Waals surface area contributed by atoms with Crippen molar-refractivity contribution in [2.75, 3.05) is 13.2 Å². The predicted octanol–water partition coefficient (Wildman–Crippen LogP) is 3.11. The van der Waals surface area contributed by atoms with E-state index in [4.69, 9.17) is 4.74 Å². The van der Waals surface area contributed by atoms with Crippen molar-refractivity contribution < 1.29 is 14.9 Å². The van der Waals surface area contributed by atoms with E-state index >= 15 is 0 Å². The van der Waals surface area contributed by atoms with Crippen molar-refractivity contribution in [3.05, 3.63) is 60.2 Å². The van der Waals surface area contributed by atoms with Crippen molar-refractivity contribution in [2.45, 2.75) is 18.3 Å². The Morgan fingerprint density at radius 2 is 1.67 bits per heavy atom. The number of benzene rings is 2. The molecule has 2 aromatic carbocycles. The fourth-order valence-electron chi connectivity index (χ4n) is 3.14. The minimum atomic E-state index is -0.219. The number of ether oxygens (including phenoxy) is 1. The van der Waals surface area contributed by atoms with Crippen molar-refractivity contribution in [3.63, 3.8) is 0 Å². The first-order valence-electron chi connectivity index (χ1n) is 7.31. The van der Waals surface area contributed by atoms with Gasteiger partial charge in [0.15, 0.2) is 0 Å². The molecule has 0 spiro atoms. The van der Waals surface area contributed by atoms with E-state index in [0.29, 0.717) is 5.92 Å². The Morgan fingerprint density at radius 3 is 2.33 bits per heavy atom. The number of aliphatic hydroxyl groups excluding tert-OH is 2. The highest BCUT2D eigenvalue weighted by Gasteiger charge is 2.44. The Bertz CT molecular complexity index is 588. The Labute approximate surface area is 124 Å². The maximum Gasteiger partial charge on any atom is 0.127 e. The first-order valence-corrected chi connectivity index (χ1v) is 7.31. The summed E-state index contributed by atoms with van der Waals surface area (Å²) in [4.78, 5) is 0. The summed E-state index contributed by atoms with van der Waals surface area (Å²) in [5.74, 6) is 1.88. The second kappa shape index (κ2) is 5.88. The number of rotatable bonds is 5. The molecule has 3 rings (SSSR count). The van der Waals surface area contributed by atoms with Gasteiger partial charge in [0.1, 0.15) is 11.5 Å². The van der Waals surface area contributed by atoms with Gasteiger partial charge in [-0.15, -0.1) is 0 Å². The molecule has 110 valence electrons. The van der Waals surface area contributed by atoms with E-state index < -0.39 is 0 Å². The average molecular weight is 284 g/mol. The molecule has 0 radical (unpaired) electrons. The zero-order valence-corrected chi connectivity index (χ0v) is 11.9. The summed E-state index contributed by atoms with van der Waals surface area (Å²) in [5.41, 5.74) is 0.867. The zero-order chi connectivity index (χ0) is 14.7. The summed E-state index contributed by atoms with van der Waals surface area (Å²) in [7, 11) is 0. The van der Waals surface area contributed by atoms with Crippen LogP contribution in [0.15, 0.2) is 54.6 Å². The molecule has 0 saturated heterocycles. The Kier molecular flexibility index (Phi) is 3.95. The third-order valence-electron chi connectivity index (χ3n) is 4.35. The highest BCUT2D eigenvalue weighted by Crippen LogP contribution is 2.48. The predicted molar refractivity (Wildman–Crippen MR) is 81.5 cm³/mol. The van der Waals surface area contributed by atoms with Crippen LogP contribution in [0.2, 0.25) is 0 Å². The Hall–Kier alpha value is -1.84. The van der Waals surface area contributed by atoms with Crippen molar-refractivity contribution in [1.82, 2.24) is 0 Å². The molecule has 21 heavy (non-hydrogen) atoms. The molecule has 0 heterocycles. The molecule has 0 aliphatic heterocycles. The van der Waals surface area contributed by atoms with Gasteiger partial charge in [0.25, 0.3) is 0 Å². The highest BCUT2D eigenvalue weighted by molar-refractivity contribution is 5.38. The van der Waals surface area contributed by atoms with E-state index in [0.717, 1.165) is 29.9 Å². The van der Waals surface area contributed by atoms with E-state index in [-0.39, 0.29) is 18.6 Å². The van der Waals surface area contributed by atoms with Crippen LogP contribution in [0, 0.1) is 5.92 Å². The summed E-state index contributed by atoms with van der Waals surface area (Å²) < 4.78 is 5.85. The molecule has 3 heteroatoms. The van der Waals surface area contributed by atoms with Crippen LogP contribution in [-0.2, 0) is 5.41 Å². The van der Waals surface area contributed by atoms with Crippen LogP contribution >= 0.6 is 0 Å². The average Bonchev–Trinajstić information content (AvgIpc) is 2.49. The summed E-state index contributed by atoms with van der Waals surface area (Å²) in [6.07, 6.45) is 1.66. The second-order valence-electron chi connectivity index (χ2n) is 5.84. The lowest BCUT2D eigenvalue weighted by Gasteiger charge is -2.46. The maximum absolute atomic E-state index is 9.76. The van der Waals surface area contributed by atoms with Gasteiger partial charge in [0, 0.05) is 12.0 Å². The van der Waals surface area contributed by atoms with Crippen LogP contribution in [0.25, 0.3) is 0 Å². The van der Waals surface area contributed by atoms with Gasteiger partial charge < -0.3 is 14.9 Å². The van der Waals surface area contributed by atoms with Crippen molar-refractivity contribution in [1.29, 1.82) is 0 Å². The number of para-hydroxylation sites is 1. The van der Waals surface area contributed by atoms with Crippen LogP contribution < -0.4 is 4.74 Å². The van der Waals surface area contributed by atoms with Gasteiger partial charge in [-0.1, -0.05) is 30.3 Å². The van der Waals surface area contributed by atoms with E-state index in [1.807, 2.05) is 54.6 Å². The van der Waals surface area contributed by atoms with Crippen molar-refractivity contribution >= 4 is 0 Å². The van der Waals surface area contributed by atoms with Gasteiger partial charge >= 0.3 is 0 Å². The lowest BCUT2D eigenvalue weighted by molar-refractivity contribution is 0.0325. The third-order valence-corrected chi connectivity index (χ3v) is 4.35. The lowest BCUT2D eigenvalue weighted by atomic mass is 9.59.